The third kappa shape index (κ3) is 6.65. The monoisotopic (exact) mass is 538 g/mol. The number of aromatic amines is 1. The molecule has 1 aromatic heterocycles. The maximum Gasteiger partial charge on any atom is 0.410 e. The van der Waals surface area contributed by atoms with Gasteiger partial charge in [0.1, 0.15) is 17.9 Å². The lowest BCUT2D eigenvalue weighted by Crippen LogP contribution is -2.47. The van der Waals surface area contributed by atoms with Crippen molar-refractivity contribution in [3.63, 3.8) is 0 Å². The molecule has 3 atom stereocenters. The molecule has 2 aromatic rings. The van der Waals surface area contributed by atoms with Crippen molar-refractivity contribution in [3.8, 4) is 0 Å². The summed E-state index contributed by atoms with van der Waals surface area (Å²) < 4.78 is 16.7. The van der Waals surface area contributed by atoms with Crippen LogP contribution < -0.4 is 0 Å². The summed E-state index contributed by atoms with van der Waals surface area (Å²) in [5.41, 5.74) is 1.45. The average Bonchev–Trinajstić information content (AvgIpc) is 3.66. The predicted octanol–water partition coefficient (Wildman–Crippen LogP) is 5.82. The van der Waals surface area contributed by atoms with Gasteiger partial charge in [-0.15, -0.1) is 0 Å². The molecule has 2 aliphatic heterocycles. The SMILES string of the molecule is CC(C)(C)OC(=O)N1CC[C@@H](C2CCCCC2)[C@H]1C(=O)Cc1ccc2[nH]c(C(=O)OCC3CCCO3)cc2c1. The van der Waals surface area contributed by atoms with Crippen molar-refractivity contribution in [2.45, 2.75) is 96.3 Å². The molecule has 1 aliphatic carbocycles. The molecular formula is C31H42N2O6. The maximum absolute atomic E-state index is 13.9. The van der Waals surface area contributed by atoms with Gasteiger partial charge in [0.15, 0.2) is 5.78 Å². The Hall–Kier alpha value is -2.87. The summed E-state index contributed by atoms with van der Waals surface area (Å²) in [4.78, 5) is 44.4. The highest BCUT2D eigenvalue weighted by Crippen LogP contribution is 2.40. The van der Waals surface area contributed by atoms with E-state index in [4.69, 9.17) is 14.2 Å². The van der Waals surface area contributed by atoms with Gasteiger partial charge in [-0.3, -0.25) is 9.69 Å². The Kier molecular flexibility index (Phi) is 8.31. The molecular weight excluding hydrogens is 496 g/mol. The number of fused-ring (bicyclic) bond motifs is 1. The molecule has 5 rings (SSSR count). The largest absolute Gasteiger partial charge is 0.458 e. The van der Waals surface area contributed by atoms with Gasteiger partial charge < -0.3 is 19.2 Å². The van der Waals surface area contributed by atoms with E-state index in [1.807, 2.05) is 39.0 Å². The number of H-pyrrole nitrogens is 1. The molecule has 39 heavy (non-hydrogen) atoms. The van der Waals surface area contributed by atoms with Crippen LogP contribution in [-0.4, -0.2) is 65.2 Å². The van der Waals surface area contributed by atoms with Gasteiger partial charge in [0, 0.05) is 30.5 Å². The third-order valence-electron chi connectivity index (χ3n) is 8.37. The van der Waals surface area contributed by atoms with Crippen LogP contribution in [0.2, 0.25) is 0 Å². The number of ether oxygens (including phenoxy) is 3. The highest BCUT2D eigenvalue weighted by Gasteiger charge is 2.46. The van der Waals surface area contributed by atoms with Crippen molar-refractivity contribution < 1.29 is 28.6 Å². The fourth-order valence-corrected chi connectivity index (χ4v) is 6.54. The van der Waals surface area contributed by atoms with E-state index < -0.39 is 23.7 Å². The van der Waals surface area contributed by atoms with Gasteiger partial charge in [-0.1, -0.05) is 38.2 Å². The second-order valence-corrected chi connectivity index (χ2v) is 12.5. The highest BCUT2D eigenvalue weighted by molar-refractivity contribution is 5.96. The maximum atomic E-state index is 13.9. The topological polar surface area (TPSA) is 97.9 Å². The number of amides is 1. The summed E-state index contributed by atoms with van der Waals surface area (Å²) in [6.07, 6.45) is 8.43. The number of ketones is 1. The molecule has 1 N–H and O–H groups in total. The number of esters is 1. The summed E-state index contributed by atoms with van der Waals surface area (Å²) in [5.74, 6) is 0.288. The minimum absolute atomic E-state index is 0.0239. The quantitative estimate of drug-likeness (QED) is 0.446. The molecule has 3 fully saturated rings. The fraction of sp³-hybridized carbons (Fsp3) is 0.645. The van der Waals surface area contributed by atoms with Crippen molar-refractivity contribution in [2.75, 3.05) is 19.8 Å². The number of benzene rings is 1. The Balaban J connectivity index is 1.30. The van der Waals surface area contributed by atoms with Gasteiger partial charge in [-0.05, 0) is 75.6 Å². The number of nitrogens with one attached hydrogen (secondary N) is 1. The van der Waals surface area contributed by atoms with Crippen LogP contribution in [0, 0.1) is 11.8 Å². The number of hydrogen-bond donors (Lipinski definition) is 1. The number of rotatable bonds is 7. The zero-order chi connectivity index (χ0) is 27.6. The first kappa shape index (κ1) is 27.7. The number of carbonyl (C=O) groups is 3. The summed E-state index contributed by atoms with van der Waals surface area (Å²) >= 11 is 0. The van der Waals surface area contributed by atoms with Crippen molar-refractivity contribution >= 4 is 28.7 Å². The van der Waals surface area contributed by atoms with Gasteiger partial charge in [0.2, 0.25) is 0 Å². The number of Topliss-reactive ketones (excluding diaryl/α,β-unsaturated/α-hetero) is 1. The Morgan fingerprint density at radius 2 is 1.82 bits per heavy atom. The Labute approximate surface area is 230 Å². The Morgan fingerprint density at radius 1 is 1.03 bits per heavy atom. The lowest BCUT2D eigenvalue weighted by molar-refractivity contribution is -0.124. The second kappa shape index (κ2) is 11.7. The molecule has 1 unspecified atom stereocenters. The first-order valence-electron chi connectivity index (χ1n) is 14.6. The Bertz CT molecular complexity index is 1190. The van der Waals surface area contributed by atoms with Gasteiger partial charge in [0.05, 0.1) is 12.1 Å². The molecule has 212 valence electrons. The molecule has 1 amide bonds. The van der Waals surface area contributed by atoms with Crippen molar-refractivity contribution in [1.29, 1.82) is 0 Å². The van der Waals surface area contributed by atoms with Crippen LogP contribution in [0.15, 0.2) is 24.3 Å². The molecule has 0 radical (unpaired) electrons. The molecule has 0 bridgehead atoms. The normalized spacial score (nSPS) is 24.3. The molecule has 1 aromatic carbocycles. The zero-order valence-corrected chi connectivity index (χ0v) is 23.5. The summed E-state index contributed by atoms with van der Waals surface area (Å²) in [6, 6.07) is 7.07. The minimum atomic E-state index is -0.615. The zero-order valence-electron chi connectivity index (χ0n) is 23.5. The number of hydrogen-bond acceptors (Lipinski definition) is 6. The van der Waals surface area contributed by atoms with Gasteiger partial charge in [-0.25, -0.2) is 9.59 Å². The molecule has 8 nitrogen and oxygen atoms in total. The van der Waals surface area contributed by atoms with Crippen molar-refractivity contribution in [2.24, 2.45) is 11.8 Å². The molecule has 3 aliphatic rings. The third-order valence-corrected chi connectivity index (χ3v) is 8.37. The van der Waals surface area contributed by atoms with E-state index in [1.54, 1.807) is 11.0 Å². The van der Waals surface area contributed by atoms with Crippen LogP contribution in [0.25, 0.3) is 10.9 Å². The van der Waals surface area contributed by atoms with Crippen LogP contribution in [-0.2, 0) is 25.4 Å². The van der Waals surface area contributed by atoms with Crippen LogP contribution in [0.5, 0.6) is 0 Å². The van der Waals surface area contributed by atoms with Gasteiger partial charge in [0.25, 0.3) is 0 Å². The van der Waals surface area contributed by atoms with Crippen LogP contribution in [0.3, 0.4) is 0 Å². The smallest absolute Gasteiger partial charge is 0.410 e. The number of carbonyl (C=O) groups excluding carboxylic acids is 3. The number of likely N-dealkylation sites (tertiary alicyclic amines) is 1. The molecule has 8 heteroatoms. The van der Waals surface area contributed by atoms with E-state index in [2.05, 4.69) is 4.98 Å². The van der Waals surface area contributed by atoms with Gasteiger partial charge >= 0.3 is 12.1 Å². The summed E-state index contributed by atoms with van der Waals surface area (Å²) in [7, 11) is 0. The van der Waals surface area contributed by atoms with Crippen LogP contribution in [0.1, 0.15) is 88.2 Å². The lowest BCUT2D eigenvalue weighted by Gasteiger charge is -2.34. The van der Waals surface area contributed by atoms with Crippen LogP contribution >= 0.6 is 0 Å². The van der Waals surface area contributed by atoms with E-state index in [9.17, 15) is 14.4 Å². The van der Waals surface area contributed by atoms with E-state index in [0.29, 0.717) is 24.8 Å². The molecule has 3 heterocycles. The summed E-state index contributed by atoms with van der Waals surface area (Å²) in [5, 5.41) is 0.851. The number of aromatic nitrogens is 1. The Morgan fingerprint density at radius 3 is 2.54 bits per heavy atom. The van der Waals surface area contributed by atoms with Crippen LogP contribution in [0.4, 0.5) is 4.79 Å². The lowest BCUT2D eigenvalue weighted by atomic mass is 9.75. The fourth-order valence-electron chi connectivity index (χ4n) is 6.54. The molecule has 2 saturated heterocycles. The molecule has 0 spiro atoms. The van der Waals surface area contributed by atoms with Crippen molar-refractivity contribution in [1.82, 2.24) is 9.88 Å². The number of nitrogens with zero attached hydrogens (tertiary/aromatic N) is 1. The van der Waals surface area contributed by atoms with E-state index in [-0.39, 0.29) is 30.8 Å². The first-order valence-corrected chi connectivity index (χ1v) is 14.6. The first-order chi connectivity index (χ1) is 18.7. The van der Waals surface area contributed by atoms with E-state index in [1.165, 1.54) is 19.3 Å². The van der Waals surface area contributed by atoms with E-state index in [0.717, 1.165) is 48.6 Å². The predicted molar refractivity (Wildman–Crippen MR) is 148 cm³/mol. The van der Waals surface area contributed by atoms with E-state index >= 15 is 0 Å². The summed E-state index contributed by atoms with van der Waals surface area (Å²) in [6.45, 7) is 7.10. The standard InChI is InChI=1S/C31H42N2O6/c1-31(2,3)39-30(36)33-14-13-24(21-8-5-4-6-9-21)28(33)27(34)17-20-11-12-25-22(16-20)18-26(32-25)29(35)38-19-23-10-7-15-37-23/h11-12,16,18,21,23-24,28,32H,4-10,13-15,17,19H2,1-3H3/t23?,24-,28-/m0/s1. The van der Waals surface area contributed by atoms with Gasteiger partial charge in [-0.2, -0.15) is 0 Å². The minimum Gasteiger partial charge on any atom is -0.458 e. The van der Waals surface area contributed by atoms with Crippen molar-refractivity contribution in [3.05, 3.63) is 35.5 Å². The average molecular weight is 539 g/mol. The molecule has 1 saturated carbocycles. The highest BCUT2D eigenvalue weighted by atomic mass is 16.6. The second-order valence-electron chi connectivity index (χ2n) is 12.5.